The van der Waals surface area contributed by atoms with E-state index in [2.05, 4.69) is 15.7 Å². The van der Waals surface area contributed by atoms with Crippen LogP contribution in [0.1, 0.15) is 28.9 Å². The molecule has 1 aromatic heterocycles. The number of nitrogens with zero attached hydrogens (tertiary/aromatic N) is 2. The van der Waals surface area contributed by atoms with Crippen LogP contribution in [0.2, 0.25) is 0 Å². The van der Waals surface area contributed by atoms with Gasteiger partial charge in [0, 0.05) is 18.0 Å². The summed E-state index contributed by atoms with van der Waals surface area (Å²) in [5, 5.41) is 11.2. The highest BCUT2D eigenvalue weighted by Crippen LogP contribution is 2.19. The number of carbonyl (C=O) groups excluding carboxylic acids is 2. The Kier molecular flexibility index (Phi) is 6.75. The van der Waals surface area contributed by atoms with Crippen molar-refractivity contribution in [3.05, 3.63) is 100 Å². The zero-order valence-corrected chi connectivity index (χ0v) is 19.6. The number of benzene rings is 3. The smallest absolute Gasteiger partial charge is 0.279 e. The van der Waals surface area contributed by atoms with E-state index in [1.807, 2.05) is 42.5 Å². The Morgan fingerprint density at radius 3 is 2.33 bits per heavy atom. The molecular formula is C28H26N4O4. The number of ether oxygens (including phenoxy) is 1. The van der Waals surface area contributed by atoms with Gasteiger partial charge in [-0.15, -0.1) is 0 Å². The maximum atomic E-state index is 13.1. The normalized spacial score (nSPS) is 12.8. The molecule has 8 heteroatoms. The minimum Gasteiger partial charge on any atom is -0.484 e. The monoisotopic (exact) mass is 482 g/mol. The summed E-state index contributed by atoms with van der Waals surface area (Å²) in [4.78, 5) is 37.8. The first-order chi connectivity index (χ1) is 17.6. The molecule has 1 fully saturated rings. The van der Waals surface area contributed by atoms with Crippen molar-refractivity contribution in [2.24, 2.45) is 0 Å². The summed E-state index contributed by atoms with van der Waals surface area (Å²) >= 11 is 0. The van der Waals surface area contributed by atoms with Crippen LogP contribution >= 0.6 is 0 Å². The van der Waals surface area contributed by atoms with E-state index < -0.39 is 0 Å². The van der Waals surface area contributed by atoms with Crippen molar-refractivity contribution >= 4 is 22.6 Å². The molecule has 1 aliphatic carbocycles. The fourth-order valence-electron chi connectivity index (χ4n) is 3.90. The highest BCUT2D eigenvalue weighted by atomic mass is 16.5. The number of para-hydroxylation sites is 1. The molecule has 0 bridgehead atoms. The zero-order chi connectivity index (χ0) is 24.9. The topological polar surface area (TPSA) is 102 Å². The van der Waals surface area contributed by atoms with Crippen LogP contribution in [0.3, 0.4) is 0 Å². The number of hydrogen-bond acceptors (Lipinski definition) is 5. The van der Waals surface area contributed by atoms with E-state index >= 15 is 0 Å². The number of amides is 2. The van der Waals surface area contributed by atoms with Crippen molar-refractivity contribution in [3.8, 4) is 11.4 Å². The molecule has 0 aliphatic heterocycles. The van der Waals surface area contributed by atoms with Gasteiger partial charge in [-0.25, -0.2) is 0 Å². The molecule has 0 atom stereocenters. The average molecular weight is 483 g/mol. The molecule has 5 rings (SSSR count). The Hall–Kier alpha value is -4.46. The van der Waals surface area contributed by atoms with Crippen LogP contribution in [-0.2, 0) is 11.2 Å². The second-order valence-corrected chi connectivity index (χ2v) is 8.73. The molecule has 0 spiro atoms. The van der Waals surface area contributed by atoms with E-state index in [0.29, 0.717) is 41.2 Å². The van der Waals surface area contributed by atoms with Gasteiger partial charge < -0.3 is 15.4 Å². The van der Waals surface area contributed by atoms with Crippen molar-refractivity contribution in [2.75, 3.05) is 13.2 Å². The highest BCUT2D eigenvalue weighted by molar-refractivity contribution is 6.04. The van der Waals surface area contributed by atoms with E-state index in [0.717, 1.165) is 18.4 Å². The molecule has 0 unspecified atom stereocenters. The van der Waals surface area contributed by atoms with Crippen LogP contribution in [0.15, 0.2) is 83.7 Å². The lowest BCUT2D eigenvalue weighted by Crippen LogP contribution is -2.31. The van der Waals surface area contributed by atoms with Gasteiger partial charge in [-0.2, -0.15) is 9.78 Å². The molecule has 182 valence electrons. The number of fused-ring (bicyclic) bond motifs is 1. The van der Waals surface area contributed by atoms with Crippen LogP contribution in [0.4, 0.5) is 0 Å². The second-order valence-electron chi connectivity index (χ2n) is 8.73. The first-order valence-corrected chi connectivity index (χ1v) is 12.0. The molecule has 0 saturated heterocycles. The summed E-state index contributed by atoms with van der Waals surface area (Å²) in [5.41, 5.74) is 1.52. The number of nitrogens with one attached hydrogen (secondary N) is 2. The third kappa shape index (κ3) is 5.43. The Morgan fingerprint density at radius 1 is 0.917 bits per heavy atom. The highest BCUT2D eigenvalue weighted by Gasteiger charge is 2.23. The molecule has 1 saturated carbocycles. The fourth-order valence-corrected chi connectivity index (χ4v) is 3.90. The molecular weight excluding hydrogens is 456 g/mol. The number of aromatic nitrogens is 2. The molecule has 1 aliphatic rings. The minimum absolute atomic E-state index is 0.00199. The molecule has 36 heavy (non-hydrogen) atoms. The third-order valence-electron chi connectivity index (χ3n) is 5.96. The van der Waals surface area contributed by atoms with Gasteiger partial charge in [0.15, 0.2) is 12.3 Å². The Labute approximate surface area is 207 Å². The lowest BCUT2D eigenvalue weighted by atomic mass is 10.1. The van der Waals surface area contributed by atoms with Crippen molar-refractivity contribution in [1.82, 2.24) is 20.4 Å². The van der Waals surface area contributed by atoms with E-state index in [1.165, 1.54) is 4.68 Å². The zero-order valence-electron chi connectivity index (χ0n) is 19.6. The van der Waals surface area contributed by atoms with Crippen molar-refractivity contribution in [3.63, 3.8) is 0 Å². The average Bonchev–Trinajstić information content (AvgIpc) is 3.73. The van der Waals surface area contributed by atoms with E-state index in [-0.39, 0.29) is 29.7 Å². The lowest BCUT2D eigenvalue weighted by Gasteiger charge is -2.11. The summed E-state index contributed by atoms with van der Waals surface area (Å²) in [6, 6.07) is 23.8. The van der Waals surface area contributed by atoms with Crippen LogP contribution in [-0.4, -0.2) is 40.8 Å². The van der Waals surface area contributed by atoms with Crippen LogP contribution in [0.5, 0.6) is 5.75 Å². The molecule has 0 radical (unpaired) electrons. The standard InChI is InChI=1S/C28H26N4O4/c33-25(30-20-12-13-20)18-36-22-14-10-19(11-15-22)16-17-29-27(34)26-23-8-4-5-9-24(23)28(35)32(31-26)21-6-2-1-3-7-21/h1-11,14-15,20H,12-13,16-18H2,(H,29,34)(H,30,33). The number of hydrogen-bond donors (Lipinski definition) is 2. The van der Waals surface area contributed by atoms with Crippen LogP contribution < -0.4 is 20.9 Å². The predicted octanol–water partition coefficient (Wildman–Crippen LogP) is 3.02. The first-order valence-electron chi connectivity index (χ1n) is 12.0. The SMILES string of the molecule is O=C(COc1ccc(CCNC(=O)c2nn(-c3ccccc3)c(=O)c3ccccc23)cc1)NC1CC1. The quantitative estimate of drug-likeness (QED) is 0.382. The summed E-state index contributed by atoms with van der Waals surface area (Å²) in [5.74, 6) is 0.161. The lowest BCUT2D eigenvalue weighted by molar-refractivity contribution is -0.123. The van der Waals surface area contributed by atoms with Crippen molar-refractivity contribution < 1.29 is 14.3 Å². The van der Waals surface area contributed by atoms with Gasteiger partial charge in [-0.3, -0.25) is 14.4 Å². The van der Waals surface area contributed by atoms with Gasteiger partial charge in [0.25, 0.3) is 17.4 Å². The number of carbonyl (C=O) groups is 2. The van der Waals surface area contributed by atoms with Crippen LogP contribution in [0.25, 0.3) is 16.5 Å². The van der Waals surface area contributed by atoms with Gasteiger partial charge in [0.2, 0.25) is 0 Å². The predicted molar refractivity (Wildman–Crippen MR) is 136 cm³/mol. The Morgan fingerprint density at radius 2 is 1.61 bits per heavy atom. The van der Waals surface area contributed by atoms with E-state index in [1.54, 1.807) is 36.4 Å². The van der Waals surface area contributed by atoms with Crippen molar-refractivity contribution in [2.45, 2.75) is 25.3 Å². The van der Waals surface area contributed by atoms with Gasteiger partial charge in [0.05, 0.1) is 11.1 Å². The molecule has 8 nitrogen and oxygen atoms in total. The molecule has 4 aromatic rings. The van der Waals surface area contributed by atoms with Gasteiger partial charge in [0.1, 0.15) is 5.75 Å². The van der Waals surface area contributed by atoms with Crippen molar-refractivity contribution in [1.29, 1.82) is 0 Å². The maximum absolute atomic E-state index is 13.1. The summed E-state index contributed by atoms with van der Waals surface area (Å²) in [7, 11) is 0. The minimum atomic E-state index is -0.350. The first kappa shape index (κ1) is 23.3. The third-order valence-corrected chi connectivity index (χ3v) is 5.96. The molecule has 2 N–H and O–H groups in total. The van der Waals surface area contributed by atoms with Crippen LogP contribution in [0, 0.1) is 0 Å². The molecule has 3 aromatic carbocycles. The fraction of sp³-hybridized carbons (Fsp3) is 0.214. The van der Waals surface area contributed by atoms with E-state index in [9.17, 15) is 14.4 Å². The summed E-state index contributed by atoms with van der Waals surface area (Å²) in [6.45, 7) is 0.390. The maximum Gasteiger partial charge on any atom is 0.279 e. The Bertz CT molecular complexity index is 1440. The molecule has 2 amide bonds. The summed E-state index contributed by atoms with van der Waals surface area (Å²) < 4.78 is 6.80. The van der Waals surface area contributed by atoms with Gasteiger partial charge in [-0.1, -0.05) is 48.5 Å². The Balaban J connectivity index is 1.23. The van der Waals surface area contributed by atoms with Gasteiger partial charge >= 0.3 is 0 Å². The molecule has 1 heterocycles. The summed E-state index contributed by atoms with van der Waals surface area (Å²) in [6.07, 6.45) is 2.69. The number of rotatable bonds is 9. The van der Waals surface area contributed by atoms with E-state index in [4.69, 9.17) is 4.74 Å². The second kappa shape index (κ2) is 10.4. The largest absolute Gasteiger partial charge is 0.484 e. The van der Waals surface area contributed by atoms with Gasteiger partial charge in [-0.05, 0) is 55.2 Å².